The lowest BCUT2D eigenvalue weighted by atomic mass is 10.0. The van der Waals surface area contributed by atoms with E-state index in [0.717, 1.165) is 23.1 Å². The van der Waals surface area contributed by atoms with E-state index in [1.807, 2.05) is 52.0 Å². The molecule has 0 unspecified atom stereocenters. The molecule has 0 heterocycles. The fourth-order valence-corrected chi connectivity index (χ4v) is 3.56. The third-order valence-electron chi connectivity index (χ3n) is 5.75. The van der Waals surface area contributed by atoms with Crippen molar-refractivity contribution in [3.8, 4) is 0 Å². The van der Waals surface area contributed by atoms with Gasteiger partial charge < -0.3 is 10.2 Å². The minimum Gasteiger partial charge on any atom is -0.352 e. The molecule has 0 radical (unpaired) electrons. The van der Waals surface area contributed by atoms with E-state index in [1.54, 1.807) is 4.90 Å². The van der Waals surface area contributed by atoms with E-state index in [0.29, 0.717) is 19.4 Å². The van der Waals surface area contributed by atoms with Crippen LogP contribution >= 0.6 is 0 Å². The van der Waals surface area contributed by atoms with Crippen molar-refractivity contribution < 1.29 is 9.59 Å². The topological polar surface area (TPSA) is 49.4 Å². The second-order valence-corrected chi connectivity index (χ2v) is 8.35. The van der Waals surface area contributed by atoms with Gasteiger partial charge >= 0.3 is 0 Å². The Hall–Kier alpha value is -2.62. The first-order valence-corrected chi connectivity index (χ1v) is 11.0. The van der Waals surface area contributed by atoms with E-state index in [2.05, 4.69) is 37.4 Å². The molecule has 2 amide bonds. The lowest BCUT2D eigenvalue weighted by molar-refractivity contribution is -0.141. The number of rotatable bonds is 9. The lowest BCUT2D eigenvalue weighted by Crippen LogP contribution is -2.51. The van der Waals surface area contributed by atoms with Gasteiger partial charge in [-0.05, 0) is 62.8 Å². The molecule has 2 aromatic rings. The highest BCUT2D eigenvalue weighted by atomic mass is 16.2. The normalized spacial score (nSPS) is 12.9. The van der Waals surface area contributed by atoms with Crippen molar-refractivity contribution in [1.82, 2.24) is 10.2 Å². The van der Waals surface area contributed by atoms with E-state index in [1.165, 1.54) is 11.1 Å². The van der Waals surface area contributed by atoms with Gasteiger partial charge in [0.25, 0.3) is 0 Å². The molecule has 0 aliphatic rings. The molecule has 0 spiro atoms. The molecule has 0 aliphatic carbocycles. The van der Waals surface area contributed by atoms with Crippen LogP contribution in [-0.4, -0.2) is 28.8 Å². The predicted molar refractivity (Wildman–Crippen MR) is 123 cm³/mol. The van der Waals surface area contributed by atoms with Gasteiger partial charge in [-0.3, -0.25) is 9.59 Å². The van der Waals surface area contributed by atoms with Gasteiger partial charge in [0.15, 0.2) is 0 Å². The molecule has 0 bridgehead atoms. The first-order valence-electron chi connectivity index (χ1n) is 11.0. The van der Waals surface area contributed by atoms with E-state index >= 15 is 0 Å². The maximum absolute atomic E-state index is 13.4. The highest BCUT2D eigenvalue weighted by Gasteiger charge is 2.29. The average Bonchev–Trinajstić information content (AvgIpc) is 2.70. The third kappa shape index (κ3) is 6.45. The van der Waals surface area contributed by atoms with E-state index < -0.39 is 6.04 Å². The van der Waals surface area contributed by atoms with Gasteiger partial charge in [0.1, 0.15) is 6.04 Å². The minimum absolute atomic E-state index is 0.0223. The first kappa shape index (κ1) is 23.7. The van der Waals surface area contributed by atoms with Crippen LogP contribution in [0.4, 0.5) is 0 Å². The summed E-state index contributed by atoms with van der Waals surface area (Å²) in [5, 5.41) is 3.06. The number of aryl methyl sites for hydroxylation is 3. The summed E-state index contributed by atoms with van der Waals surface area (Å²) in [6.45, 7) is 12.6. The number of amides is 2. The maximum Gasteiger partial charge on any atom is 0.243 e. The summed E-state index contributed by atoms with van der Waals surface area (Å²) >= 11 is 0. The number of hydrogen-bond acceptors (Lipinski definition) is 2. The SMILES string of the molecule is CC[C@H](C)NC(=O)[C@H](CC)N(Cc1cccc(C)c1)C(=O)Cc1ccc(C)c(C)c1. The number of carbonyl (C=O) groups is 2. The van der Waals surface area contributed by atoms with Crippen LogP contribution in [0.15, 0.2) is 42.5 Å². The average molecular weight is 409 g/mol. The molecule has 0 aromatic heterocycles. The first-order chi connectivity index (χ1) is 14.2. The summed E-state index contributed by atoms with van der Waals surface area (Å²) in [5.74, 6) is -0.0983. The van der Waals surface area contributed by atoms with E-state index in [4.69, 9.17) is 0 Å². The van der Waals surface area contributed by atoms with E-state index in [-0.39, 0.29) is 17.9 Å². The Labute approximate surface area is 181 Å². The fourth-order valence-electron chi connectivity index (χ4n) is 3.56. The zero-order valence-electron chi connectivity index (χ0n) is 19.3. The molecular formula is C26H36N2O2. The van der Waals surface area contributed by atoms with Crippen LogP contribution in [0.2, 0.25) is 0 Å². The van der Waals surface area contributed by atoms with Crippen LogP contribution in [0.25, 0.3) is 0 Å². The molecule has 2 atom stereocenters. The van der Waals surface area contributed by atoms with Gasteiger partial charge in [-0.1, -0.05) is 61.9 Å². The number of nitrogens with one attached hydrogen (secondary N) is 1. The Morgan fingerprint density at radius 2 is 1.67 bits per heavy atom. The van der Waals surface area contributed by atoms with Crippen LogP contribution in [0, 0.1) is 20.8 Å². The van der Waals surface area contributed by atoms with Gasteiger partial charge in [0.2, 0.25) is 11.8 Å². The number of nitrogens with zero attached hydrogens (tertiary/aromatic N) is 1. The highest BCUT2D eigenvalue weighted by molar-refractivity contribution is 5.88. The van der Waals surface area contributed by atoms with Crippen molar-refractivity contribution >= 4 is 11.8 Å². The molecule has 4 heteroatoms. The number of carbonyl (C=O) groups excluding carboxylic acids is 2. The number of hydrogen-bond donors (Lipinski definition) is 1. The standard InChI is InChI=1S/C26H36N2O2/c1-7-21(6)27-26(30)24(8-2)28(17-23-11-9-10-18(3)14-23)25(29)16-22-13-12-19(4)20(5)15-22/h9-15,21,24H,7-8,16-17H2,1-6H3,(H,27,30)/t21-,24-/m0/s1. The molecule has 2 aromatic carbocycles. The van der Waals surface area contributed by atoms with Crippen LogP contribution in [0.3, 0.4) is 0 Å². The molecule has 0 saturated carbocycles. The Bertz CT molecular complexity index is 875. The fraction of sp³-hybridized carbons (Fsp3) is 0.462. The zero-order chi connectivity index (χ0) is 22.3. The van der Waals surface area contributed by atoms with Gasteiger partial charge in [0.05, 0.1) is 6.42 Å². The second-order valence-electron chi connectivity index (χ2n) is 8.35. The van der Waals surface area contributed by atoms with Crippen LogP contribution < -0.4 is 5.32 Å². The maximum atomic E-state index is 13.4. The Kier molecular flexibility index (Phi) is 8.64. The summed E-state index contributed by atoms with van der Waals surface area (Å²) in [4.78, 5) is 28.1. The van der Waals surface area contributed by atoms with Crippen LogP contribution in [0.1, 0.15) is 61.4 Å². The summed E-state index contributed by atoms with van der Waals surface area (Å²) < 4.78 is 0. The number of benzene rings is 2. The van der Waals surface area contributed by atoms with Crippen LogP contribution in [0.5, 0.6) is 0 Å². The largest absolute Gasteiger partial charge is 0.352 e. The minimum atomic E-state index is -0.487. The van der Waals surface area contributed by atoms with Gasteiger partial charge in [-0.25, -0.2) is 0 Å². The van der Waals surface area contributed by atoms with Crippen molar-refractivity contribution in [3.05, 3.63) is 70.3 Å². The van der Waals surface area contributed by atoms with Crippen molar-refractivity contribution in [3.63, 3.8) is 0 Å². The highest BCUT2D eigenvalue weighted by Crippen LogP contribution is 2.17. The van der Waals surface area contributed by atoms with Crippen molar-refractivity contribution in [2.45, 2.75) is 79.4 Å². The van der Waals surface area contributed by atoms with Gasteiger partial charge in [-0.15, -0.1) is 0 Å². The smallest absolute Gasteiger partial charge is 0.243 e. The van der Waals surface area contributed by atoms with Crippen molar-refractivity contribution in [2.75, 3.05) is 0 Å². The van der Waals surface area contributed by atoms with Crippen molar-refractivity contribution in [1.29, 1.82) is 0 Å². The molecular weight excluding hydrogens is 372 g/mol. The van der Waals surface area contributed by atoms with Crippen LogP contribution in [-0.2, 0) is 22.6 Å². The summed E-state index contributed by atoms with van der Waals surface area (Å²) in [6.07, 6.45) is 1.73. The monoisotopic (exact) mass is 408 g/mol. The molecule has 0 saturated heterocycles. The second kappa shape index (κ2) is 11.0. The molecule has 4 nitrogen and oxygen atoms in total. The molecule has 1 N–H and O–H groups in total. The predicted octanol–water partition coefficient (Wildman–Crippen LogP) is 4.88. The van der Waals surface area contributed by atoms with Gasteiger partial charge in [-0.2, -0.15) is 0 Å². The molecule has 30 heavy (non-hydrogen) atoms. The summed E-state index contributed by atoms with van der Waals surface area (Å²) in [6, 6.07) is 13.9. The van der Waals surface area contributed by atoms with E-state index in [9.17, 15) is 9.59 Å². The van der Waals surface area contributed by atoms with Crippen molar-refractivity contribution in [2.24, 2.45) is 0 Å². The summed E-state index contributed by atoms with van der Waals surface area (Å²) in [7, 11) is 0. The summed E-state index contributed by atoms with van der Waals surface area (Å²) in [5.41, 5.74) is 5.55. The Morgan fingerprint density at radius 3 is 2.27 bits per heavy atom. The Balaban J connectivity index is 2.31. The molecule has 0 aliphatic heterocycles. The molecule has 162 valence electrons. The molecule has 0 fully saturated rings. The third-order valence-corrected chi connectivity index (χ3v) is 5.75. The van der Waals surface area contributed by atoms with Gasteiger partial charge in [0, 0.05) is 12.6 Å². The zero-order valence-corrected chi connectivity index (χ0v) is 19.3. The quantitative estimate of drug-likeness (QED) is 0.643. The lowest BCUT2D eigenvalue weighted by Gasteiger charge is -2.31. The Morgan fingerprint density at radius 1 is 0.933 bits per heavy atom. The molecule has 2 rings (SSSR count).